The SMILES string of the molecule is COc1ccc(C=CC(=O)N2CCCCC2C(=O)O)cc1. The Bertz CT molecular complexity index is 536. The Morgan fingerprint density at radius 3 is 2.62 bits per heavy atom. The van der Waals surface area contributed by atoms with E-state index in [9.17, 15) is 9.59 Å². The van der Waals surface area contributed by atoms with Crippen molar-refractivity contribution in [3.63, 3.8) is 0 Å². The molecule has 1 atom stereocenters. The molecule has 1 heterocycles. The zero-order valence-electron chi connectivity index (χ0n) is 12.0. The van der Waals surface area contributed by atoms with E-state index in [1.54, 1.807) is 13.2 Å². The van der Waals surface area contributed by atoms with Crippen LogP contribution in [0.4, 0.5) is 0 Å². The molecule has 1 aromatic rings. The smallest absolute Gasteiger partial charge is 0.326 e. The van der Waals surface area contributed by atoms with Gasteiger partial charge in [0.2, 0.25) is 5.91 Å². The van der Waals surface area contributed by atoms with Crippen LogP contribution in [0, 0.1) is 0 Å². The third kappa shape index (κ3) is 3.84. The van der Waals surface area contributed by atoms with Crippen LogP contribution in [0.1, 0.15) is 24.8 Å². The number of piperidine rings is 1. The Morgan fingerprint density at radius 2 is 2.00 bits per heavy atom. The highest BCUT2D eigenvalue weighted by atomic mass is 16.5. The van der Waals surface area contributed by atoms with Crippen LogP contribution < -0.4 is 4.74 Å². The first-order valence-electron chi connectivity index (χ1n) is 6.97. The van der Waals surface area contributed by atoms with Crippen molar-refractivity contribution >= 4 is 18.0 Å². The van der Waals surface area contributed by atoms with E-state index in [1.165, 1.54) is 11.0 Å². The molecule has 1 aromatic carbocycles. The number of hydrogen-bond donors (Lipinski definition) is 1. The van der Waals surface area contributed by atoms with Gasteiger partial charge in [0.1, 0.15) is 11.8 Å². The van der Waals surface area contributed by atoms with Crippen molar-refractivity contribution < 1.29 is 19.4 Å². The number of rotatable bonds is 4. The molecule has 1 unspecified atom stereocenters. The van der Waals surface area contributed by atoms with Gasteiger partial charge in [-0.1, -0.05) is 12.1 Å². The van der Waals surface area contributed by atoms with Gasteiger partial charge < -0.3 is 14.7 Å². The predicted molar refractivity (Wildman–Crippen MR) is 79.0 cm³/mol. The Balaban J connectivity index is 2.04. The van der Waals surface area contributed by atoms with Gasteiger partial charge in [0, 0.05) is 12.6 Å². The van der Waals surface area contributed by atoms with Gasteiger partial charge in [0.25, 0.3) is 0 Å². The third-order valence-corrected chi connectivity index (χ3v) is 3.61. The number of hydrogen-bond acceptors (Lipinski definition) is 3. The second-order valence-electron chi connectivity index (χ2n) is 4.99. The average Bonchev–Trinajstić information content (AvgIpc) is 2.53. The molecule has 1 aliphatic rings. The van der Waals surface area contributed by atoms with Crippen LogP contribution in [0.25, 0.3) is 6.08 Å². The number of amides is 1. The van der Waals surface area contributed by atoms with E-state index in [0.29, 0.717) is 13.0 Å². The number of carbonyl (C=O) groups excluding carboxylic acids is 1. The molecule has 2 rings (SSSR count). The first-order valence-corrected chi connectivity index (χ1v) is 6.97. The highest BCUT2D eigenvalue weighted by molar-refractivity contribution is 5.94. The summed E-state index contributed by atoms with van der Waals surface area (Å²) in [5, 5.41) is 9.17. The molecule has 1 saturated heterocycles. The number of aliphatic carboxylic acids is 1. The van der Waals surface area contributed by atoms with Crippen LogP contribution in [0.2, 0.25) is 0 Å². The van der Waals surface area contributed by atoms with Crippen LogP contribution in [-0.4, -0.2) is 41.6 Å². The fourth-order valence-corrected chi connectivity index (χ4v) is 2.43. The van der Waals surface area contributed by atoms with Gasteiger partial charge in [-0.15, -0.1) is 0 Å². The van der Waals surface area contributed by atoms with Crippen LogP contribution in [0.15, 0.2) is 30.3 Å². The summed E-state index contributed by atoms with van der Waals surface area (Å²) in [4.78, 5) is 24.8. The fourth-order valence-electron chi connectivity index (χ4n) is 2.43. The monoisotopic (exact) mass is 289 g/mol. The molecule has 1 aliphatic heterocycles. The van der Waals surface area contributed by atoms with E-state index in [1.807, 2.05) is 24.3 Å². The number of nitrogens with zero attached hydrogens (tertiary/aromatic N) is 1. The second-order valence-corrected chi connectivity index (χ2v) is 4.99. The van der Waals surface area contributed by atoms with Crippen molar-refractivity contribution in [1.29, 1.82) is 0 Å². The van der Waals surface area contributed by atoms with Crippen LogP contribution in [0.5, 0.6) is 5.75 Å². The summed E-state index contributed by atoms with van der Waals surface area (Å²) in [6, 6.07) is 6.60. The van der Waals surface area contributed by atoms with Gasteiger partial charge in [-0.25, -0.2) is 4.79 Å². The van der Waals surface area contributed by atoms with Gasteiger partial charge in [-0.3, -0.25) is 4.79 Å². The van der Waals surface area contributed by atoms with Gasteiger partial charge in [-0.2, -0.15) is 0 Å². The lowest BCUT2D eigenvalue weighted by molar-refractivity contribution is -0.150. The molecule has 0 bridgehead atoms. The van der Waals surface area contributed by atoms with E-state index in [0.717, 1.165) is 24.2 Å². The Kier molecular flexibility index (Phi) is 4.98. The number of likely N-dealkylation sites (tertiary alicyclic amines) is 1. The number of ether oxygens (including phenoxy) is 1. The maximum atomic E-state index is 12.2. The van der Waals surface area contributed by atoms with Crippen molar-refractivity contribution in [2.45, 2.75) is 25.3 Å². The number of methoxy groups -OCH3 is 1. The second kappa shape index (κ2) is 6.92. The summed E-state index contributed by atoms with van der Waals surface area (Å²) in [5.41, 5.74) is 0.869. The molecular formula is C16H19NO4. The van der Waals surface area contributed by atoms with Crippen molar-refractivity contribution in [3.05, 3.63) is 35.9 Å². The van der Waals surface area contributed by atoms with Gasteiger partial charge in [-0.05, 0) is 43.0 Å². The predicted octanol–water partition coefficient (Wildman–Crippen LogP) is 2.17. The average molecular weight is 289 g/mol. The summed E-state index contributed by atoms with van der Waals surface area (Å²) in [6.45, 7) is 0.503. The van der Waals surface area contributed by atoms with Crippen molar-refractivity contribution in [2.24, 2.45) is 0 Å². The molecule has 0 aromatic heterocycles. The number of carboxylic acid groups (broad SMARTS) is 1. The molecule has 0 spiro atoms. The molecule has 1 amide bonds. The minimum absolute atomic E-state index is 0.252. The standard InChI is InChI=1S/C16H19NO4/c1-21-13-8-5-12(6-9-13)7-10-15(18)17-11-3-2-4-14(17)16(19)20/h5-10,14H,2-4,11H2,1H3,(H,19,20). The molecule has 0 saturated carbocycles. The normalized spacial score (nSPS) is 18.7. The van der Waals surface area contributed by atoms with Crippen LogP contribution in [0.3, 0.4) is 0 Å². The van der Waals surface area contributed by atoms with E-state index >= 15 is 0 Å². The van der Waals surface area contributed by atoms with Gasteiger partial charge in [0.05, 0.1) is 7.11 Å². The summed E-state index contributed by atoms with van der Waals surface area (Å²) in [7, 11) is 1.59. The molecule has 0 aliphatic carbocycles. The van der Waals surface area contributed by atoms with E-state index in [4.69, 9.17) is 9.84 Å². The van der Waals surface area contributed by atoms with Crippen molar-refractivity contribution in [3.8, 4) is 5.75 Å². The zero-order chi connectivity index (χ0) is 15.2. The first kappa shape index (κ1) is 15.1. The van der Waals surface area contributed by atoms with Gasteiger partial charge in [0.15, 0.2) is 0 Å². The third-order valence-electron chi connectivity index (χ3n) is 3.61. The molecule has 1 N–H and O–H groups in total. The molecule has 112 valence electrons. The van der Waals surface area contributed by atoms with Crippen molar-refractivity contribution in [1.82, 2.24) is 4.90 Å². The summed E-state index contributed by atoms with van der Waals surface area (Å²) in [5.74, 6) is -0.431. The van der Waals surface area contributed by atoms with Gasteiger partial charge >= 0.3 is 5.97 Å². The quantitative estimate of drug-likeness (QED) is 0.863. The molecule has 21 heavy (non-hydrogen) atoms. The molecular weight excluding hydrogens is 270 g/mol. The topological polar surface area (TPSA) is 66.8 Å². The van der Waals surface area contributed by atoms with Crippen molar-refractivity contribution in [2.75, 3.05) is 13.7 Å². The van der Waals surface area contributed by atoms with E-state index in [-0.39, 0.29) is 5.91 Å². The molecule has 1 fully saturated rings. The number of carboxylic acids is 1. The minimum Gasteiger partial charge on any atom is -0.497 e. The van der Waals surface area contributed by atoms with Crippen LogP contribution >= 0.6 is 0 Å². The minimum atomic E-state index is -0.930. The summed E-state index contributed by atoms with van der Waals surface area (Å²) >= 11 is 0. The highest BCUT2D eigenvalue weighted by Crippen LogP contribution is 2.18. The fraction of sp³-hybridized carbons (Fsp3) is 0.375. The Labute approximate surface area is 123 Å². The first-order chi connectivity index (χ1) is 10.1. The largest absolute Gasteiger partial charge is 0.497 e. The summed E-state index contributed by atoms with van der Waals surface area (Å²) in [6.07, 6.45) is 5.35. The zero-order valence-corrected chi connectivity index (χ0v) is 12.0. The maximum Gasteiger partial charge on any atom is 0.326 e. The highest BCUT2D eigenvalue weighted by Gasteiger charge is 2.30. The number of benzene rings is 1. The van der Waals surface area contributed by atoms with Crippen LogP contribution in [-0.2, 0) is 9.59 Å². The maximum absolute atomic E-state index is 12.2. The summed E-state index contributed by atoms with van der Waals surface area (Å²) < 4.78 is 5.07. The molecule has 0 radical (unpaired) electrons. The lowest BCUT2D eigenvalue weighted by Gasteiger charge is -2.32. The Hall–Kier alpha value is -2.30. The number of carbonyl (C=O) groups is 2. The Morgan fingerprint density at radius 1 is 1.29 bits per heavy atom. The lowest BCUT2D eigenvalue weighted by atomic mass is 10.0. The van der Waals surface area contributed by atoms with E-state index in [2.05, 4.69) is 0 Å². The molecule has 5 heteroatoms. The molecule has 5 nitrogen and oxygen atoms in total. The lowest BCUT2D eigenvalue weighted by Crippen LogP contribution is -2.47. The van der Waals surface area contributed by atoms with E-state index < -0.39 is 12.0 Å².